The van der Waals surface area contributed by atoms with Crippen molar-refractivity contribution in [1.29, 1.82) is 0 Å². The van der Waals surface area contributed by atoms with Gasteiger partial charge in [-0.25, -0.2) is 5.01 Å². The molecule has 5 heteroatoms. The second-order valence-corrected chi connectivity index (χ2v) is 5.61. The summed E-state index contributed by atoms with van der Waals surface area (Å²) in [6.45, 7) is 4.06. The summed E-state index contributed by atoms with van der Waals surface area (Å²) in [6.07, 6.45) is 6.51. The fourth-order valence-electron chi connectivity index (χ4n) is 3.04. The van der Waals surface area contributed by atoms with Crippen LogP contribution < -0.4 is 0 Å². The molecule has 1 saturated carbocycles. The molecule has 0 saturated heterocycles. The molecule has 2 rings (SSSR count). The Kier molecular flexibility index (Phi) is 5.15. The number of rotatable bonds is 5. The van der Waals surface area contributed by atoms with Gasteiger partial charge in [-0.2, -0.15) is 5.10 Å². The number of hydrogen-bond acceptors (Lipinski definition) is 4. The average Bonchev–Trinajstić information content (AvgIpc) is 2.73. The van der Waals surface area contributed by atoms with E-state index in [1.54, 1.807) is 11.9 Å². The first-order valence-electron chi connectivity index (χ1n) is 7.67. The molecular formula is C15H24N2O3. The molecule has 2 aliphatic rings. The average molecular weight is 280 g/mol. The molecule has 112 valence electrons. The van der Waals surface area contributed by atoms with Gasteiger partial charge in [0, 0.05) is 12.1 Å². The molecule has 1 atom stereocenters. The van der Waals surface area contributed by atoms with E-state index in [1.165, 1.54) is 19.3 Å². The first kappa shape index (κ1) is 15.0. The molecule has 1 unspecified atom stereocenters. The van der Waals surface area contributed by atoms with Crippen molar-refractivity contribution in [1.82, 2.24) is 5.01 Å². The number of ether oxygens (including phenoxy) is 1. The fraction of sp³-hybridized carbons (Fsp3) is 0.800. The topological polar surface area (TPSA) is 59.0 Å². The van der Waals surface area contributed by atoms with Crippen LogP contribution in [0.1, 0.15) is 58.8 Å². The van der Waals surface area contributed by atoms with Crippen molar-refractivity contribution in [3.8, 4) is 0 Å². The van der Waals surface area contributed by atoms with Gasteiger partial charge >= 0.3 is 5.97 Å². The molecule has 0 bridgehead atoms. The Balaban J connectivity index is 1.90. The van der Waals surface area contributed by atoms with Gasteiger partial charge in [0.05, 0.1) is 18.6 Å². The van der Waals surface area contributed by atoms with E-state index < -0.39 is 0 Å². The largest absolute Gasteiger partial charge is 0.466 e. The minimum atomic E-state index is -0.235. The summed E-state index contributed by atoms with van der Waals surface area (Å²) in [5.41, 5.74) is 0.838. The molecule has 1 fully saturated rings. The molecular weight excluding hydrogens is 256 g/mol. The second kappa shape index (κ2) is 6.86. The first-order chi connectivity index (χ1) is 9.63. The molecule has 0 aromatic heterocycles. The van der Waals surface area contributed by atoms with Crippen molar-refractivity contribution in [3.63, 3.8) is 0 Å². The summed E-state index contributed by atoms with van der Waals surface area (Å²) in [4.78, 5) is 23.9. The summed E-state index contributed by atoms with van der Waals surface area (Å²) in [5.74, 6) is -0.399. The standard InChI is InChI=1S/C15H24N2O3/c1-3-20-14(18)10-9-13-11(2)16-17(15(13)19)12-7-5-4-6-8-12/h12-13H,3-10H2,1-2H3. The van der Waals surface area contributed by atoms with Crippen molar-refractivity contribution in [3.05, 3.63) is 0 Å². The van der Waals surface area contributed by atoms with Crippen LogP contribution in [0, 0.1) is 5.92 Å². The Hall–Kier alpha value is -1.39. The van der Waals surface area contributed by atoms with Gasteiger partial charge in [-0.15, -0.1) is 0 Å². The fourth-order valence-corrected chi connectivity index (χ4v) is 3.04. The lowest BCUT2D eigenvalue weighted by Gasteiger charge is -2.28. The minimum Gasteiger partial charge on any atom is -0.466 e. The van der Waals surface area contributed by atoms with Gasteiger partial charge in [0.1, 0.15) is 0 Å². The lowest BCUT2D eigenvalue weighted by molar-refractivity contribution is -0.143. The van der Waals surface area contributed by atoms with Crippen LogP contribution in [0.25, 0.3) is 0 Å². The first-order valence-corrected chi connectivity index (χ1v) is 7.67. The highest BCUT2D eigenvalue weighted by atomic mass is 16.5. The molecule has 1 aliphatic heterocycles. The summed E-state index contributed by atoms with van der Waals surface area (Å²) >= 11 is 0. The number of carbonyl (C=O) groups excluding carboxylic acids is 2. The molecule has 1 amide bonds. The molecule has 0 radical (unpaired) electrons. The number of esters is 1. The number of amides is 1. The van der Waals surface area contributed by atoms with Gasteiger partial charge in [-0.1, -0.05) is 19.3 Å². The van der Waals surface area contributed by atoms with Gasteiger partial charge in [0.15, 0.2) is 0 Å². The maximum absolute atomic E-state index is 12.4. The molecule has 1 aliphatic carbocycles. The number of carbonyl (C=O) groups is 2. The lowest BCUT2D eigenvalue weighted by atomic mass is 9.93. The second-order valence-electron chi connectivity index (χ2n) is 5.61. The van der Waals surface area contributed by atoms with Gasteiger partial charge < -0.3 is 4.74 Å². The van der Waals surface area contributed by atoms with Crippen molar-refractivity contribution in [2.24, 2.45) is 11.0 Å². The summed E-state index contributed by atoms with van der Waals surface area (Å²) in [7, 11) is 0. The Labute approximate surface area is 120 Å². The highest BCUT2D eigenvalue weighted by Crippen LogP contribution is 2.29. The highest BCUT2D eigenvalue weighted by Gasteiger charge is 2.37. The van der Waals surface area contributed by atoms with Crippen molar-refractivity contribution in [2.45, 2.75) is 64.8 Å². The normalized spacial score (nSPS) is 23.9. The van der Waals surface area contributed by atoms with Gasteiger partial charge in [0.2, 0.25) is 0 Å². The van der Waals surface area contributed by atoms with Gasteiger partial charge in [-0.05, 0) is 33.1 Å². The third kappa shape index (κ3) is 3.38. The van der Waals surface area contributed by atoms with E-state index in [-0.39, 0.29) is 30.3 Å². The third-order valence-electron chi connectivity index (χ3n) is 4.16. The minimum absolute atomic E-state index is 0.0682. The van der Waals surface area contributed by atoms with Crippen LogP contribution in [0.15, 0.2) is 5.10 Å². The number of nitrogens with zero attached hydrogens (tertiary/aromatic N) is 2. The Bertz CT molecular complexity index is 400. The van der Waals surface area contributed by atoms with E-state index in [0.717, 1.165) is 18.6 Å². The zero-order valence-electron chi connectivity index (χ0n) is 12.4. The molecule has 0 aromatic rings. The summed E-state index contributed by atoms with van der Waals surface area (Å²) in [6, 6.07) is 0.263. The number of hydrazone groups is 1. The monoisotopic (exact) mass is 280 g/mol. The van der Waals surface area contributed by atoms with E-state index in [4.69, 9.17) is 4.74 Å². The Morgan fingerprint density at radius 2 is 2.05 bits per heavy atom. The molecule has 5 nitrogen and oxygen atoms in total. The van der Waals surface area contributed by atoms with Crippen molar-refractivity contribution in [2.75, 3.05) is 6.61 Å². The Morgan fingerprint density at radius 3 is 2.70 bits per heavy atom. The maximum atomic E-state index is 12.4. The third-order valence-corrected chi connectivity index (χ3v) is 4.16. The van der Waals surface area contributed by atoms with E-state index >= 15 is 0 Å². The van der Waals surface area contributed by atoms with Crippen molar-refractivity contribution < 1.29 is 14.3 Å². The highest BCUT2D eigenvalue weighted by molar-refractivity contribution is 6.07. The predicted molar refractivity (Wildman–Crippen MR) is 76.2 cm³/mol. The zero-order chi connectivity index (χ0) is 14.5. The number of hydrogen-bond donors (Lipinski definition) is 0. The van der Waals surface area contributed by atoms with E-state index in [0.29, 0.717) is 13.0 Å². The molecule has 1 heterocycles. The van der Waals surface area contributed by atoms with Crippen molar-refractivity contribution >= 4 is 17.6 Å². The van der Waals surface area contributed by atoms with E-state index in [1.807, 2.05) is 6.92 Å². The maximum Gasteiger partial charge on any atom is 0.305 e. The van der Waals surface area contributed by atoms with E-state index in [2.05, 4.69) is 5.10 Å². The quantitative estimate of drug-likeness (QED) is 0.727. The molecule has 20 heavy (non-hydrogen) atoms. The van der Waals surface area contributed by atoms with Crippen LogP contribution >= 0.6 is 0 Å². The zero-order valence-corrected chi connectivity index (χ0v) is 12.4. The van der Waals surface area contributed by atoms with Crippen LogP contribution in [0.2, 0.25) is 0 Å². The predicted octanol–water partition coefficient (Wildman–Crippen LogP) is 2.50. The van der Waals surface area contributed by atoms with Crippen LogP contribution in [0.4, 0.5) is 0 Å². The molecule has 0 aromatic carbocycles. The van der Waals surface area contributed by atoms with Crippen LogP contribution in [-0.4, -0.2) is 35.2 Å². The van der Waals surface area contributed by atoms with Crippen LogP contribution in [-0.2, 0) is 14.3 Å². The summed E-state index contributed by atoms with van der Waals surface area (Å²) in [5, 5.41) is 6.13. The van der Waals surface area contributed by atoms with Crippen LogP contribution in [0.3, 0.4) is 0 Å². The molecule has 0 spiro atoms. The lowest BCUT2D eigenvalue weighted by Crippen LogP contribution is -2.37. The SMILES string of the molecule is CCOC(=O)CCC1C(=O)N(C2CCCCC2)N=C1C. The van der Waals surface area contributed by atoms with Gasteiger partial charge in [0.25, 0.3) is 5.91 Å². The van der Waals surface area contributed by atoms with Gasteiger partial charge in [-0.3, -0.25) is 9.59 Å². The van der Waals surface area contributed by atoms with E-state index in [9.17, 15) is 9.59 Å². The molecule has 0 N–H and O–H groups in total. The van der Waals surface area contributed by atoms with Crippen LogP contribution in [0.5, 0.6) is 0 Å². The smallest absolute Gasteiger partial charge is 0.305 e. The summed E-state index contributed by atoms with van der Waals surface area (Å²) < 4.78 is 4.91. The Morgan fingerprint density at radius 1 is 1.35 bits per heavy atom.